The Hall–Kier alpha value is -2.86. The van der Waals surface area contributed by atoms with Gasteiger partial charge in [-0.05, 0) is 54.2 Å². The fourth-order valence-corrected chi connectivity index (χ4v) is 3.91. The van der Waals surface area contributed by atoms with E-state index in [-0.39, 0.29) is 12.1 Å². The summed E-state index contributed by atoms with van der Waals surface area (Å²) in [5, 5.41) is 4.23. The second kappa shape index (κ2) is 7.40. The molecule has 2 aromatic heterocycles. The van der Waals surface area contributed by atoms with Crippen LogP contribution in [0.2, 0.25) is 0 Å². The minimum atomic E-state index is 0.00514. The number of methoxy groups -OCH3 is 1. The van der Waals surface area contributed by atoms with Crippen LogP contribution in [0, 0.1) is 0 Å². The molecule has 4 rings (SSSR count). The number of rotatable bonds is 5. The van der Waals surface area contributed by atoms with Crippen LogP contribution in [0.5, 0.6) is 5.75 Å². The van der Waals surface area contributed by atoms with E-state index in [0.29, 0.717) is 0 Å². The van der Waals surface area contributed by atoms with Gasteiger partial charge in [0.2, 0.25) is 0 Å². The topological polar surface area (TPSA) is 42.3 Å². The van der Waals surface area contributed by atoms with E-state index in [0.717, 1.165) is 23.1 Å². The van der Waals surface area contributed by atoms with Crippen LogP contribution in [0.1, 0.15) is 29.0 Å². The van der Waals surface area contributed by atoms with Crippen LogP contribution >= 0.6 is 12.2 Å². The molecule has 1 aliphatic heterocycles. The smallest absolute Gasteiger partial charge is 0.170 e. The molecule has 1 saturated heterocycles. The van der Waals surface area contributed by atoms with Crippen LogP contribution < -0.4 is 10.1 Å². The van der Waals surface area contributed by atoms with Gasteiger partial charge in [0.15, 0.2) is 5.11 Å². The molecule has 3 heterocycles. The van der Waals surface area contributed by atoms with E-state index in [1.54, 1.807) is 7.11 Å². The first-order valence-corrected chi connectivity index (χ1v) is 9.30. The molecule has 1 aromatic carbocycles. The molecule has 1 aliphatic rings. The van der Waals surface area contributed by atoms with Crippen LogP contribution in [-0.4, -0.2) is 26.7 Å². The number of hydrogen-bond donors (Lipinski definition) is 1. The zero-order valence-electron chi connectivity index (χ0n) is 15.4. The Morgan fingerprint density at radius 2 is 1.93 bits per heavy atom. The zero-order valence-corrected chi connectivity index (χ0v) is 16.2. The molecule has 0 aliphatic carbocycles. The van der Waals surface area contributed by atoms with Crippen LogP contribution in [0.25, 0.3) is 0 Å². The van der Waals surface area contributed by atoms with Crippen molar-refractivity contribution in [2.24, 2.45) is 7.05 Å². The minimum Gasteiger partial charge on any atom is -0.497 e. The number of nitrogens with zero attached hydrogens (tertiary/aromatic N) is 3. The summed E-state index contributed by atoms with van der Waals surface area (Å²) in [4.78, 5) is 6.82. The van der Waals surface area contributed by atoms with Crippen molar-refractivity contribution in [3.8, 4) is 5.75 Å². The summed E-state index contributed by atoms with van der Waals surface area (Å²) >= 11 is 5.71. The summed E-state index contributed by atoms with van der Waals surface area (Å²) < 4.78 is 7.42. The van der Waals surface area contributed by atoms with Gasteiger partial charge >= 0.3 is 0 Å². The summed E-state index contributed by atoms with van der Waals surface area (Å²) in [5.74, 6) is 0.853. The van der Waals surface area contributed by atoms with Crippen LogP contribution in [0.3, 0.4) is 0 Å². The molecule has 0 amide bonds. The van der Waals surface area contributed by atoms with E-state index in [1.807, 2.05) is 36.5 Å². The van der Waals surface area contributed by atoms with Crippen molar-refractivity contribution in [2.45, 2.75) is 18.6 Å². The maximum atomic E-state index is 5.71. The van der Waals surface area contributed by atoms with Crippen molar-refractivity contribution in [2.75, 3.05) is 7.11 Å². The number of aryl methyl sites for hydroxylation is 1. The highest BCUT2D eigenvalue weighted by atomic mass is 32.1. The fraction of sp³-hybridized carbons (Fsp3) is 0.238. The number of ether oxygens (including phenoxy) is 1. The molecule has 6 heteroatoms. The van der Waals surface area contributed by atoms with E-state index in [9.17, 15) is 0 Å². The maximum Gasteiger partial charge on any atom is 0.170 e. The Balaban J connectivity index is 1.70. The molecule has 2 atom stereocenters. The molecule has 1 N–H and O–H groups in total. The number of thiocarbonyl (C=S) groups is 1. The van der Waals surface area contributed by atoms with Gasteiger partial charge in [-0.2, -0.15) is 0 Å². The lowest BCUT2D eigenvalue weighted by Crippen LogP contribution is -2.29. The average molecular weight is 379 g/mol. The Bertz CT molecular complexity index is 923. The molecule has 0 unspecified atom stereocenters. The van der Waals surface area contributed by atoms with Crippen LogP contribution in [0.4, 0.5) is 0 Å². The molecule has 1 fully saturated rings. The molecule has 27 heavy (non-hydrogen) atoms. The van der Waals surface area contributed by atoms with Crippen molar-refractivity contribution in [3.05, 3.63) is 83.9 Å². The van der Waals surface area contributed by atoms with Crippen LogP contribution in [0.15, 0.2) is 67.0 Å². The monoisotopic (exact) mass is 378 g/mol. The largest absolute Gasteiger partial charge is 0.497 e. The summed E-state index contributed by atoms with van der Waals surface area (Å²) in [5.41, 5.74) is 3.37. The first-order chi connectivity index (χ1) is 13.2. The zero-order chi connectivity index (χ0) is 18.8. The predicted octanol–water partition coefficient (Wildman–Crippen LogP) is 3.60. The quantitative estimate of drug-likeness (QED) is 0.687. The first-order valence-electron chi connectivity index (χ1n) is 8.89. The molecular formula is C21H22N4OS. The van der Waals surface area contributed by atoms with Gasteiger partial charge in [0.05, 0.1) is 24.9 Å². The number of nitrogens with one attached hydrogen (secondary N) is 1. The average Bonchev–Trinajstić information content (AvgIpc) is 3.26. The van der Waals surface area contributed by atoms with Gasteiger partial charge in [-0.1, -0.05) is 18.2 Å². The Labute approximate surface area is 164 Å². The number of pyridine rings is 1. The van der Waals surface area contributed by atoms with E-state index < -0.39 is 0 Å². The van der Waals surface area contributed by atoms with Gasteiger partial charge in [-0.15, -0.1) is 0 Å². The Morgan fingerprint density at radius 1 is 1.11 bits per heavy atom. The van der Waals surface area contributed by atoms with Gasteiger partial charge in [0, 0.05) is 31.7 Å². The van der Waals surface area contributed by atoms with Crippen molar-refractivity contribution >= 4 is 17.3 Å². The molecule has 3 aromatic rings. The third kappa shape index (κ3) is 3.40. The van der Waals surface area contributed by atoms with Gasteiger partial charge in [0.25, 0.3) is 0 Å². The van der Waals surface area contributed by atoms with E-state index in [1.165, 1.54) is 11.3 Å². The summed E-state index contributed by atoms with van der Waals surface area (Å²) in [7, 11) is 3.75. The summed E-state index contributed by atoms with van der Waals surface area (Å²) in [6.07, 6.45) is 3.89. The van der Waals surface area contributed by atoms with E-state index in [2.05, 4.69) is 57.3 Å². The summed E-state index contributed by atoms with van der Waals surface area (Å²) in [6, 6.07) is 18.4. The summed E-state index contributed by atoms with van der Waals surface area (Å²) in [6.45, 7) is 0.717. The SMILES string of the molecule is COc1ccc(CN2C(=S)N[C@@H](c3ccccn3)[C@H]2c2cccn2C)cc1. The lowest BCUT2D eigenvalue weighted by molar-refractivity contribution is 0.299. The minimum absolute atomic E-state index is 0.00514. The number of aromatic nitrogens is 2. The molecule has 0 radical (unpaired) electrons. The molecular weight excluding hydrogens is 356 g/mol. The van der Waals surface area contributed by atoms with Crippen LogP contribution in [-0.2, 0) is 13.6 Å². The Morgan fingerprint density at radius 3 is 2.56 bits per heavy atom. The molecule has 138 valence electrons. The van der Waals surface area contributed by atoms with Gasteiger partial charge in [-0.3, -0.25) is 4.98 Å². The number of hydrogen-bond acceptors (Lipinski definition) is 3. The van der Waals surface area contributed by atoms with Crippen molar-refractivity contribution < 1.29 is 4.74 Å². The van der Waals surface area contributed by atoms with Crippen molar-refractivity contribution in [1.29, 1.82) is 0 Å². The first kappa shape index (κ1) is 17.5. The number of benzene rings is 1. The molecule has 0 spiro atoms. The lowest BCUT2D eigenvalue weighted by atomic mass is 10.0. The van der Waals surface area contributed by atoms with Gasteiger partial charge in [-0.25, -0.2) is 0 Å². The normalized spacial score (nSPS) is 19.2. The third-order valence-corrected chi connectivity index (χ3v) is 5.35. The maximum absolute atomic E-state index is 5.71. The van der Waals surface area contributed by atoms with Crippen molar-refractivity contribution in [3.63, 3.8) is 0 Å². The van der Waals surface area contributed by atoms with E-state index >= 15 is 0 Å². The lowest BCUT2D eigenvalue weighted by Gasteiger charge is -2.28. The second-order valence-corrected chi connectivity index (χ2v) is 7.03. The molecule has 0 saturated carbocycles. The highest BCUT2D eigenvalue weighted by Crippen LogP contribution is 2.39. The van der Waals surface area contributed by atoms with Gasteiger partial charge < -0.3 is 19.5 Å². The standard InChI is InChI=1S/C21H22N4OS/c1-24-13-5-7-18(24)20-19(17-6-3-4-12-22-17)23-21(27)25(20)14-15-8-10-16(26-2)11-9-15/h3-13,19-20H,14H2,1-2H3,(H,23,27)/t19-,20+/m0/s1. The fourth-order valence-electron chi connectivity index (χ4n) is 3.61. The van der Waals surface area contributed by atoms with E-state index in [4.69, 9.17) is 17.0 Å². The molecule has 5 nitrogen and oxygen atoms in total. The second-order valence-electron chi connectivity index (χ2n) is 6.65. The Kier molecular flexibility index (Phi) is 4.81. The van der Waals surface area contributed by atoms with Gasteiger partial charge in [0.1, 0.15) is 5.75 Å². The third-order valence-electron chi connectivity index (χ3n) is 5.00. The highest BCUT2D eigenvalue weighted by molar-refractivity contribution is 7.80. The highest BCUT2D eigenvalue weighted by Gasteiger charge is 2.40. The molecule has 0 bridgehead atoms. The predicted molar refractivity (Wildman–Crippen MR) is 109 cm³/mol. The van der Waals surface area contributed by atoms with Crippen molar-refractivity contribution in [1.82, 2.24) is 19.8 Å².